The molecule has 0 fully saturated rings. The van der Waals surface area contributed by atoms with Crippen LogP contribution in [0.4, 0.5) is 0 Å². The number of thiazole rings is 1. The van der Waals surface area contributed by atoms with E-state index in [1.807, 2.05) is 16.8 Å². The minimum Gasteiger partial charge on any atom is -0.387 e. The van der Waals surface area contributed by atoms with E-state index >= 15 is 0 Å². The van der Waals surface area contributed by atoms with Gasteiger partial charge in [-0.3, -0.25) is 0 Å². The molecule has 2 aromatic heterocycles. The number of fused-ring (bicyclic) bond motifs is 1. The summed E-state index contributed by atoms with van der Waals surface area (Å²) in [5.74, 6) is 0. The number of hydrogen-bond donors (Lipinski definition) is 2. The second kappa shape index (κ2) is 5.71. The molecule has 5 heteroatoms. The summed E-state index contributed by atoms with van der Waals surface area (Å²) in [5.41, 5.74) is 2.27. The van der Waals surface area contributed by atoms with E-state index in [9.17, 15) is 5.11 Å². The summed E-state index contributed by atoms with van der Waals surface area (Å²) >= 11 is 3.42. The highest BCUT2D eigenvalue weighted by molar-refractivity contribution is 7.11. The van der Waals surface area contributed by atoms with Gasteiger partial charge in [-0.25, -0.2) is 4.98 Å². The van der Waals surface area contributed by atoms with E-state index in [0.29, 0.717) is 12.6 Å². The zero-order valence-electron chi connectivity index (χ0n) is 10.9. The number of aliphatic hydroxyl groups excluding tert-OH is 1. The quantitative estimate of drug-likeness (QED) is 0.910. The van der Waals surface area contributed by atoms with Crippen molar-refractivity contribution in [3.63, 3.8) is 0 Å². The van der Waals surface area contributed by atoms with Gasteiger partial charge in [0.15, 0.2) is 0 Å². The van der Waals surface area contributed by atoms with Crippen LogP contribution in [0.25, 0.3) is 0 Å². The smallest absolute Gasteiger partial charge is 0.0922 e. The van der Waals surface area contributed by atoms with E-state index in [1.54, 1.807) is 22.7 Å². The summed E-state index contributed by atoms with van der Waals surface area (Å²) in [6, 6.07) is 2.35. The Morgan fingerprint density at radius 1 is 1.58 bits per heavy atom. The maximum Gasteiger partial charge on any atom is 0.0922 e. The fraction of sp³-hybridized carbons (Fsp3) is 0.500. The molecule has 2 N–H and O–H groups in total. The molecule has 0 spiro atoms. The largest absolute Gasteiger partial charge is 0.387 e. The third-order valence-corrected chi connectivity index (χ3v) is 5.37. The Morgan fingerprint density at radius 2 is 2.47 bits per heavy atom. The van der Waals surface area contributed by atoms with Gasteiger partial charge < -0.3 is 10.4 Å². The van der Waals surface area contributed by atoms with Crippen LogP contribution in [0, 0.1) is 6.92 Å². The van der Waals surface area contributed by atoms with Gasteiger partial charge in [0.2, 0.25) is 0 Å². The van der Waals surface area contributed by atoms with Gasteiger partial charge in [0.1, 0.15) is 0 Å². The molecule has 0 bridgehead atoms. The van der Waals surface area contributed by atoms with Crippen LogP contribution >= 0.6 is 22.7 Å². The van der Waals surface area contributed by atoms with Crippen LogP contribution in [0.1, 0.15) is 46.1 Å². The van der Waals surface area contributed by atoms with Crippen molar-refractivity contribution in [2.75, 3.05) is 6.54 Å². The van der Waals surface area contributed by atoms with Crippen LogP contribution in [-0.4, -0.2) is 16.6 Å². The molecule has 0 aromatic carbocycles. The van der Waals surface area contributed by atoms with Crippen molar-refractivity contribution >= 4 is 22.7 Å². The third-order valence-electron chi connectivity index (χ3n) is 3.54. The molecular weight excluding hydrogens is 276 g/mol. The lowest BCUT2D eigenvalue weighted by Gasteiger charge is -2.23. The molecule has 0 saturated heterocycles. The summed E-state index contributed by atoms with van der Waals surface area (Å²) in [5, 5.41) is 18.8. The monoisotopic (exact) mass is 294 g/mol. The van der Waals surface area contributed by atoms with E-state index in [4.69, 9.17) is 0 Å². The van der Waals surface area contributed by atoms with Crippen LogP contribution in [-0.2, 0) is 6.42 Å². The van der Waals surface area contributed by atoms with Gasteiger partial charge in [-0.15, -0.1) is 11.3 Å². The molecule has 3 nitrogen and oxygen atoms in total. The number of aryl methyl sites for hydroxylation is 2. The molecule has 19 heavy (non-hydrogen) atoms. The van der Waals surface area contributed by atoms with Crippen LogP contribution in [0.15, 0.2) is 16.8 Å². The van der Waals surface area contributed by atoms with Crippen LogP contribution < -0.4 is 5.32 Å². The van der Waals surface area contributed by atoms with Gasteiger partial charge in [-0.05, 0) is 48.6 Å². The van der Waals surface area contributed by atoms with Crippen molar-refractivity contribution < 1.29 is 5.11 Å². The Kier molecular flexibility index (Phi) is 3.98. The first-order valence-corrected chi connectivity index (χ1v) is 8.39. The van der Waals surface area contributed by atoms with Crippen LogP contribution in [0.5, 0.6) is 0 Å². The Labute approximate surface area is 121 Å². The molecule has 102 valence electrons. The first-order valence-electron chi connectivity index (χ1n) is 6.64. The molecule has 2 aromatic rings. The lowest BCUT2D eigenvalue weighted by Crippen LogP contribution is -2.28. The van der Waals surface area contributed by atoms with Crippen molar-refractivity contribution in [3.05, 3.63) is 38.0 Å². The highest BCUT2D eigenvalue weighted by atomic mass is 32.1. The fourth-order valence-electron chi connectivity index (χ4n) is 2.57. The van der Waals surface area contributed by atoms with E-state index in [1.165, 1.54) is 17.0 Å². The van der Waals surface area contributed by atoms with E-state index in [0.717, 1.165) is 23.4 Å². The lowest BCUT2D eigenvalue weighted by atomic mass is 9.98. The topological polar surface area (TPSA) is 45.2 Å². The molecule has 3 rings (SSSR count). The second-order valence-corrected chi connectivity index (χ2v) is 6.98. The number of nitrogens with zero attached hydrogens (tertiary/aromatic N) is 1. The van der Waals surface area contributed by atoms with Crippen LogP contribution in [0.3, 0.4) is 0 Å². The molecule has 1 aliphatic carbocycles. The summed E-state index contributed by atoms with van der Waals surface area (Å²) in [4.78, 5) is 5.97. The second-order valence-electron chi connectivity index (χ2n) is 4.97. The zero-order valence-corrected chi connectivity index (χ0v) is 12.6. The van der Waals surface area contributed by atoms with E-state index in [-0.39, 0.29) is 0 Å². The molecular formula is C14H18N2OS2. The number of rotatable bonds is 4. The standard InChI is InChI=1S/C14H18N2OS2/c1-9-16-12-4-2-3-11(14(12)19-9)15-7-13(17)10-5-6-18-8-10/h5-6,8,11,13,15,17H,2-4,7H2,1H3. The molecule has 2 heterocycles. The Morgan fingerprint density at radius 3 is 3.26 bits per heavy atom. The summed E-state index contributed by atoms with van der Waals surface area (Å²) < 4.78 is 0. The van der Waals surface area contributed by atoms with Crippen molar-refractivity contribution in [3.8, 4) is 0 Å². The van der Waals surface area contributed by atoms with E-state index in [2.05, 4.69) is 17.2 Å². The number of aromatic nitrogens is 1. The average Bonchev–Trinajstić information content (AvgIpc) is 3.03. The predicted molar refractivity (Wildman–Crippen MR) is 79.8 cm³/mol. The van der Waals surface area contributed by atoms with Gasteiger partial charge in [-0.1, -0.05) is 0 Å². The van der Waals surface area contributed by atoms with Gasteiger partial charge >= 0.3 is 0 Å². The molecule has 0 aliphatic heterocycles. The summed E-state index contributed by atoms with van der Waals surface area (Å²) in [6.45, 7) is 2.68. The Balaban J connectivity index is 1.65. The maximum absolute atomic E-state index is 10.1. The fourth-order valence-corrected chi connectivity index (χ4v) is 4.36. The number of nitrogens with one attached hydrogen (secondary N) is 1. The van der Waals surface area contributed by atoms with Gasteiger partial charge in [0.05, 0.1) is 16.8 Å². The van der Waals surface area contributed by atoms with Crippen LogP contribution in [0.2, 0.25) is 0 Å². The average molecular weight is 294 g/mol. The van der Waals surface area contributed by atoms with Gasteiger partial charge in [-0.2, -0.15) is 11.3 Å². The summed E-state index contributed by atoms with van der Waals surface area (Å²) in [7, 11) is 0. The normalized spacial score (nSPS) is 20.2. The highest BCUT2D eigenvalue weighted by Gasteiger charge is 2.24. The molecule has 0 radical (unpaired) electrons. The van der Waals surface area contributed by atoms with Crippen molar-refractivity contribution in [1.82, 2.24) is 10.3 Å². The first kappa shape index (κ1) is 13.2. The molecule has 0 saturated carbocycles. The zero-order chi connectivity index (χ0) is 13.2. The van der Waals surface area contributed by atoms with Gasteiger partial charge in [0, 0.05) is 17.5 Å². The van der Waals surface area contributed by atoms with Gasteiger partial charge in [0.25, 0.3) is 0 Å². The highest BCUT2D eigenvalue weighted by Crippen LogP contribution is 2.34. The van der Waals surface area contributed by atoms with Crippen molar-refractivity contribution in [2.45, 2.75) is 38.3 Å². The lowest BCUT2D eigenvalue weighted by molar-refractivity contribution is 0.169. The van der Waals surface area contributed by atoms with Crippen molar-refractivity contribution in [1.29, 1.82) is 0 Å². The Bertz CT molecular complexity index is 536. The number of hydrogen-bond acceptors (Lipinski definition) is 5. The first-order chi connectivity index (χ1) is 9.24. The summed E-state index contributed by atoms with van der Waals surface area (Å²) in [6.07, 6.45) is 3.02. The van der Waals surface area contributed by atoms with Crippen molar-refractivity contribution in [2.24, 2.45) is 0 Å². The minimum absolute atomic E-state index is 0.364. The molecule has 0 amide bonds. The predicted octanol–water partition coefficient (Wildman–Crippen LogP) is 3.21. The number of aliphatic hydroxyl groups is 1. The van der Waals surface area contributed by atoms with E-state index < -0.39 is 6.10 Å². The third kappa shape index (κ3) is 2.89. The Hall–Kier alpha value is -0.750. The molecule has 1 aliphatic rings. The SMILES string of the molecule is Cc1nc2c(s1)C(NCC(O)c1ccsc1)CCC2. The molecule has 2 unspecified atom stereocenters. The molecule has 2 atom stereocenters. The number of thiophene rings is 1. The minimum atomic E-state index is -0.411. The maximum atomic E-state index is 10.1.